The molecule has 0 saturated heterocycles. The number of aryl methyl sites for hydroxylation is 1. The number of carbonyl (C=O) groups excluding carboxylic acids is 2. The number of ether oxygens (including phenoxy) is 1. The van der Waals surface area contributed by atoms with Crippen LogP contribution in [0.4, 0.5) is 16.2 Å². The fraction of sp³-hybridized carbons (Fsp3) is 0.412. The lowest BCUT2D eigenvalue weighted by molar-refractivity contribution is -0.384. The molecule has 42 heavy (non-hydrogen) atoms. The van der Waals surface area contributed by atoms with Crippen molar-refractivity contribution in [2.75, 3.05) is 4.90 Å². The van der Waals surface area contributed by atoms with Crippen molar-refractivity contribution < 1.29 is 19.2 Å². The smallest absolute Gasteiger partial charge is 0.414 e. The second-order valence-electron chi connectivity index (χ2n) is 11.7. The van der Waals surface area contributed by atoms with Gasteiger partial charge in [0.25, 0.3) is 5.69 Å². The number of anilines is 1. The molecule has 3 aromatic carbocycles. The van der Waals surface area contributed by atoms with Gasteiger partial charge in [0, 0.05) is 24.1 Å². The number of nitrogens with zero attached hydrogens (tertiary/aromatic N) is 2. The van der Waals surface area contributed by atoms with Crippen LogP contribution in [0.1, 0.15) is 85.2 Å². The van der Waals surface area contributed by atoms with Crippen molar-refractivity contribution in [2.45, 2.75) is 83.9 Å². The Morgan fingerprint density at radius 1 is 0.976 bits per heavy atom. The highest BCUT2D eigenvalue weighted by molar-refractivity contribution is 5.90. The third-order valence-corrected chi connectivity index (χ3v) is 8.78. The number of hydrogen-bond acceptors (Lipinski definition) is 5. The maximum atomic E-state index is 13.4. The first-order valence-electron chi connectivity index (χ1n) is 14.9. The summed E-state index contributed by atoms with van der Waals surface area (Å²) >= 11 is 0. The van der Waals surface area contributed by atoms with Gasteiger partial charge in [0.05, 0.1) is 16.7 Å². The van der Waals surface area contributed by atoms with Gasteiger partial charge in [-0.15, -0.1) is 0 Å². The summed E-state index contributed by atoms with van der Waals surface area (Å²) in [7, 11) is 0. The first kappa shape index (κ1) is 29.3. The Balaban J connectivity index is 1.21. The maximum absolute atomic E-state index is 13.4. The van der Waals surface area contributed by atoms with E-state index in [0.717, 1.165) is 72.0 Å². The highest BCUT2D eigenvalue weighted by Gasteiger charge is 2.36. The highest BCUT2D eigenvalue weighted by atomic mass is 16.6. The number of nitro benzene ring substituents is 1. The largest absolute Gasteiger partial charge is 0.444 e. The number of carbonyl (C=O) groups is 2. The molecule has 0 unspecified atom stereocenters. The van der Waals surface area contributed by atoms with Gasteiger partial charge in [-0.1, -0.05) is 61.4 Å². The number of amides is 2. The molecule has 2 saturated carbocycles. The Kier molecular flexibility index (Phi) is 8.90. The summed E-state index contributed by atoms with van der Waals surface area (Å²) in [5.74, 6) is -0.0307. The summed E-state index contributed by atoms with van der Waals surface area (Å²) < 4.78 is 5.78. The minimum Gasteiger partial charge on any atom is -0.444 e. The van der Waals surface area contributed by atoms with Gasteiger partial charge in [0.2, 0.25) is 5.91 Å². The van der Waals surface area contributed by atoms with Crippen LogP contribution >= 0.6 is 0 Å². The van der Waals surface area contributed by atoms with Crippen molar-refractivity contribution in [3.05, 3.63) is 105 Å². The summed E-state index contributed by atoms with van der Waals surface area (Å²) in [5, 5.41) is 14.1. The van der Waals surface area contributed by atoms with E-state index in [9.17, 15) is 19.7 Å². The lowest BCUT2D eigenvalue weighted by Crippen LogP contribution is -2.37. The lowest BCUT2D eigenvalue weighted by atomic mass is 9.75. The molecule has 8 heteroatoms. The second-order valence-corrected chi connectivity index (χ2v) is 11.7. The molecule has 0 aromatic heterocycles. The zero-order chi connectivity index (χ0) is 29.8. The minimum atomic E-state index is -0.427. The van der Waals surface area contributed by atoms with Crippen LogP contribution in [0, 0.1) is 29.9 Å². The van der Waals surface area contributed by atoms with E-state index in [1.54, 1.807) is 17.0 Å². The van der Waals surface area contributed by atoms with Crippen molar-refractivity contribution in [3.8, 4) is 0 Å². The molecule has 2 fully saturated rings. The van der Waals surface area contributed by atoms with E-state index >= 15 is 0 Å². The summed E-state index contributed by atoms with van der Waals surface area (Å²) in [5.41, 5.74) is 6.05. The monoisotopic (exact) mass is 569 g/mol. The molecule has 3 aromatic rings. The van der Waals surface area contributed by atoms with Gasteiger partial charge in [-0.3, -0.25) is 19.8 Å². The predicted molar refractivity (Wildman–Crippen MR) is 162 cm³/mol. The summed E-state index contributed by atoms with van der Waals surface area (Å²) in [6, 6.07) is 20.4. The number of nitrogens with one attached hydrogen (secondary N) is 1. The fourth-order valence-corrected chi connectivity index (χ4v) is 5.98. The molecule has 3 atom stereocenters. The average Bonchev–Trinajstić information content (AvgIpc) is 3.84. The van der Waals surface area contributed by atoms with E-state index in [-0.39, 0.29) is 48.2 Å². The molecule has 2 aliphatic carbocycles. The molecule has 0 spiro atoms. The van der Waals surface area contributed by atoms with Gasteiger partial charge in [0.1, 0.15) is 6.61 Å². The Hall–Kier alpha value is -4.20. The molecule has 0 aliphatic heterocycles. The van der Waals surface area contributed by atoms with E-state index in [0.29, 0.717) is 0 Å². The van der Waals surface area contributed by atoms with Crippen LogP contribution in [0.15, 0.2) is 66.7 Å². The fourth-order valence-electron chi connectivity index (χ4n) is 5.98. The second kappa shape index (κ2) is 12.8. The van der Waals surface area contributed by atoms with E-state index < -0.39 is 4.92 Å². The minimum absolute atomic E-state index is 0.00942. The molecular weight excluding hydrogens is 530 g/mol. The number of rotatable bonds is 9. The number of non-ortho nitro benzene ring substituents is 1. The van der Waals surface area contributed by atoms with Crippen LogP contribution in [0.25, 0.3) is 0 Å². The normalized spacial score (nSPS) is 19.0. The summed E-state index contributed by atoms with van der Waals surface area (Å²) in [6.07, 6.45) is 5.48. The quantitative estimate of drug-likeness (QED) is 0.210. The first-order valence-corrected chi connectivity index (χ1v) is 14.9. The van der Waals surface area contributed by atoms with Crippen molar-refractivity contribution in [3.63, 3.8) is 0 Å². The summed E-state index contributed by atoms with van der Waals surface area (Å²) in [6.45, 7) is 6.18. The van der Waals surface area contributed by atoms with Gasteiger partial charge in [0.15, 0.2) is 0 Å². The molecule has 5 rings (SSSR count). The van der Waals surface area contributed by atoms with Crippen LogP contribution in [0.5, 0.6) is 0 Å². The Morgan fingerprint density at radius 2 is 1.67 bits per heavy atom. The number of hydrogen-bond donors (Lipinski definition) is 1. The molecule has 0 radical (unpaired) electrons. The highest BCUT2D eigenvalue weighted by Crippen LogP contribution is 2.39. The van der Waals surface area contributed by atoms with Crippen molar-refractivity contribution in [1.82, 2.24) is 5.32 Å². The van der Waals surface area contributed by atoms with Crippen molar-refractivity contribution >= 4 is 23.4 Å². The topological polar surface area (TPSA) is 102 Å². The van der Waals surface area contributed by atoms with E-state index in [4.69, 9.17) is 4.74 Å². The van der Waals surface area contributed by atoms with E-state index in [2.05, 4.69) is 30.4 Å². The van der Waals surface area contributed by atoms with Crippen molar-refractivity contribution in [2.24, 2.45) is 5.92 Å². The van der Waals surface area contributed by atoms with Crippen LogP contribution in [-0.4, -0.2) is 23.0 Å². The third-order valence-electron chi connectivity index (χ3n) is 8.78. The third kappa shape index (κ3) is 6.64. The van der Waals surface area contributed by atoms with Gasteiger partial charge in [-0.05, 0) is 86.3 Å². The molecule has 2 amide bonds. The Labute approximate surface area is 247 Å². The molecule has 1 N–H and O–H groups in total. The molecular formula is C34H39N3O5. The van der Waals surface area contributed by atoms with Gasteiger partial charge < -0.3 is 10.1 Å². The van der Waals surface area contributed by atoms with E-state index in [1.165, 1.54) is 12.1 Å². The predicted octanol–water partition coefficient (Wildman–Crippen LogP) is 7.67. The first-order chi connectivity index (χ1) is 20.2. The van der Waals surface area contributed by atoms with Crippen LogP contribution in [0.3, 0.4) is 0 Å². The average molecular weight is 570 g/mol. The van der Waals surface area contributed by atoms with Gasteiger partial charge >= 0.3 is 6.09 Å². The number of nitro groups is 1. The van der Waals surface area contributed by atoms with Gasteiger partial charge in [-0.2, -0.15) is 0 Å². The molecule has 2 aliphatic rings. The van der Waals surface area contributed by atoms with Crippen molar-refractivity contribution in [1.29, 1.82) is 0 Å². The standard InChI is InChI=1S/C34H39N3O5/c1-22-7-6-10-32(23(22)2)36(28-19-20-28)34(39)42-21-25-11-13-27(14-12-25)30-8-4-5-9-31(30)33(38)35-24(3)26-15-17-29(18-16-26)37(40)41/h6-7,10-18,24,28,30-31H,4-5,8-9,19-21H2,1-3H3,(H,35,38)/t24-,30-,31-/m0/s1. The molecule has 220 valence electrons. The SMILES string of the molecule is Cc1cccc(N(C(=O)OCc2ccc([C@@H]3CCCC[C@@H]3C(=O)N[C@@H](C)c3ccc([N+](=O)[O-])cc3)cc2)C2CC2)c1C. The zero-order valence-electron chi connectivity index (χ0n) is 24.5. The Bertz CT molecular complexity index is 1430. The van der Waals surface area contributed by atoms with Gasteiger partial charge in [-0.25, -0.2) is 4.79 Å². The Morgan fingerprint density at radius 3 is 2.33 bits per heavy atom. The van der Waals surface area contributed by atoms with Crippen LogP contribution < -0.4 is 10.2 Å². The van der Waals surface area contributed by atoms with Crippen LogP contribution in [-0.2, 0) is 16.1 Å². The van der Waals surface area contributed by atoms with Crippen LogP contribution in [0.2, 0.25) is 0 Å². The molecule has 0 bridgehead atoms. The van der Waals surface area contributed by atoms with E-state index in [1.807, 2.05) is 38.1 Å². The molecule has 0 heterocycles. The zero-order valence-corrected chi connectivity index (χ0v) is 24.5. The molecule has 8 nitrogen and oxygen atoms in total. The summed E-state index contributed by atoms with van der Waals surface area (Å²) in [4.78, 5) is 38.9. The lowest BCUT2D eigenvalue weighted by Gasteiger charge is -2.32. The number of benzene rings is 3. The maximum Gasteiger partial charge on any atom is 0.414 e.